The summed E-state index contributed by atoms with van der Waals surface area (Å²) in [6.45, 7) is 0.0467. The number of hydrogen-bond acceptors (Lipinski definition) is 3. The van der Waals surface area contributed by atoms with Crippen molar-refractivity contribution in [3.63, 3.8) is 0 Å². The lowest BCUT2D eigenvalue weighted by atomic mass is 9.87. The summed E-state index contributed by atoms with van der Waals surface area (Å²) in [6, 6.07) is 9.96. The van der Waals surface area contributed by atoms with Crippen molar-refractivity contribution in [1.82, 2.24) is 0 Å². The van der Waals surface area contributed by atoms with Gasteiger partial charge in [-0.05, 0) is 25.0 Å². The van der Waals surface area contributed by atoms with Crippen LogP contribution in [0.1, 0.15) is 12.8 Å². The van der Waals surface area contributed by atoms with E-state index in [4.69, 9.17) is 9.84 Å². The summed E-state index contributed by atoms with van der Waals surface area (Å²) in [5.74, 6) is -0.797. The highest BCUT2D eigenvalue weighted by Crippen LogP contribution is 2.31. The molecule has 0 amide bonds. The third-order valence-electron chi connectivity index (χ3n) is 3.24. The zero-order chi connectivity index (χ0) is 12.3. The number of hydrogen-bond donors (Lipinski definition) is 1. The Labute approximate surface area is 101 Å². The van der Waals surface area contributed by atoms with Gasteiger partial charge in [-0.15, -0.1) is 0 Å². The molecule has 1 aromatic rings. The van der Waals surface area contributed by atoms with Gasteiger partial charge in [0.25, 0.3) is 0 Å². The molecule has 0 aromatic heterocycles. The third-order valence-corrected chi connectivity index (χ3v) is 3.24. The van der Waals surface area contributed by atoms with E-state index in [2.05, 4.69) is 0 Å². The van der Waals surface area contributed by atoms with E-state index < -0.39 is 5.97 Å². The molecule has 1 fully saturated rings. The molecular formula is C13H17NO3. The fraction of sp³-hybridized carbons (Fsp3) is 0.462. The maximum absolute atomic E-state index is 10.9. The first kappa shape index (κ1) is 11.9. The number of rotatable bonds is 5. The molecule has 1 saturated carbocycles. The van der Waals surface area contributed by atoms with Crippen molar-refractivity contribution in [2.45, 2.75) is 25.0 Å². The van der Waals surface area contributed by atoms with E-state index in [0.717, 1.165) is 18.5 Å². The fourth-order valence-corrected chi connectivity index (χ4v) is 2.18. The van der Waals surface area contributed by atoms with Crippen molar-refractivity contribution in [1.29, 1.82) is 0 Å². The minimum atomic E-state index is -0.797. The first-order chi connectivity index (χ1) is 8.20. The predicted octanol–water partition coefficient (Wildman–Crippen LogP) is 1.75. The maximum Gasteiger partial charge on any atom is 0.323 e. The first-order valence-corrected chi connectivity index (χ1v) is 5.77. The Hall–Kier alpha value is -1.55. The number of carbonyl (C=O) groups is 1. The topological polar surface area (TPSA) is 49.8 Å². The minimum Gasteiger partial charge on any atom is -0.480 e. The molecule has 1 aliphatic rings. The molecule has 0 unspecified atom stereocenters. The second-order valence-electron chi connectivity index (χ2n) is 4.34. The molecule has 92 valence electrons. The Morgan fingerprint density at radius 1 is 1.41 bits per heavy atom. The average molecular weight is 235 g/mol. The van der Waals surface area contributed by atoms with E-state index in [1.165, 1.54) is 0 Å². The summed E-state index contributed by atoms with van der Waals surface area (Å²) in [7, 11) is 1.70. The van der Waals surface area contributed by atoms with Crippen LogP contribution in [-0.4, -0.2) is 36.9 Å². The van der Waals surface area contributed by atoms with Crippen LogP contribution in [0.5, 0.6) is 0 Å². The van der Waals surface area contributed by atoms with Crippen molar-refractivity contribution in [2.24, 2.45) is 0 Å². The number of methoxy groups -OCH3 is 1. The van der Waals surface area contributed by atoms with Crippen LogP contribution in [0, 0.1) is 0 Å². The largest absolute Gasteiger partial charge is 0.480 e. The molecule has 4 nitrogen and oxygen atoms in total. The predicted molar refractivity (Wildman–Crippen MR) is 65.2 cm³/mol. The smallest absolute Gasteiger partial charge is 0.323 e. The van der Waals surface area contributed by atoms with Crippen molar-refractivity contribution >= 4 is 11.7 Å². The van der Waals surface area contributed by atoms with Crippen LogP contribution >= 0.6 is 0 Å². The second-order valence-corrected chi connectivity index (χ2v) is 4.34. The summed E-state index contributed by atoms with van der Waals surface area (Å²) in [5, 5.41) is 8.96. The highest BCUT2D eigenvalue weighted by atomic mass is 16.5. The van der Waals surface area contributed by atoms with E-state index in [0.29, 0.717) is 0 Å². The molecule has 1 N–H and O–H groups in total. The van der Waals surface area contributed by atoms with Crippen LogP contribution in [0.15, 0.2) is 30.3 Å². The van der Waals surface area contributed by atoms with E-state index in [9.17, 15) is 4.79 Å². The number of aliphatic carboxylic acids is 1. The van der Waals surface area contributed by atoms with Gasteiger partial charge in [0.05, 0.1) is 6.10 Å². The summed E-state index contributed by atoms with van der Waals surface area (Å²) in [6.07, 6.45) is 2.08. The third kappa shape index (κ3) is 2.77. The lowest BCUT2D eigenvalue weighted by molar-refractivity contribution is -0.135. The fourth-order valence-electron chi connectivity index (χ4n) is 2.18. The summed E-state index contributed by atoms with van der Waals surface area (Å²) < 4.78 is 5.23. The quantitative estimate of drug-likeness (QED) is 0.844. The van der Waals surface area contributed by atoms with E-state index >= 15 is 0 Å². The number of ether oxygens (including phenoxy) is 1. The summed E-state index contributed by atoms with van der Waals surface area (Å²) in [5.41, 5.74) is 0.967. The Kier molecular flexibility index (Phi) is 3.64. The molecule has 0 saturated heterocycles. The SMILES string of the molecule is COC1CC(N(CC(=O)O)c2ccccc2)C1. The van der Waals surface area contributed by atoms with Crippen molar-refractivity contribution < 1.29 is 14.6 Å². The number of nitrogens with zero attached hydrogens (tertiary/aromatic N) is 1. The molecule has 1 aliphatic carbocycles. The van der Waals surface area contributed by atoms with E-state index in [1.54, 1.807) is 7.11 Å². The van der Waals surface area contributed by atoms with Crippen molar-refractivity contribution in [3.8, 4) is 0 Å². The summed E-state index contributed by atoms with van der Waals surface area (Å²) in [4.78, 5) is 12.8. The molecular weight excluding hydrogens is 218 g/mol. The van der Waals surface area contributed by atoms with Gasteiger partial charge in [-0.2, -0.15) is 0 Å². The average Bonchev–Trinajstić information content (AvgIpc) is 2.27. The van der Waals surface area contributed by atoms with Gasteiger partial charge in [0.1, 0.15) is 6.54 Å². The molecule has 0 atom stereocenters. The molecule has 0 heterocycles. The molecule has 0 aliphatic heterocycles. The molecule has 4 heteroatoms. The first-order valence-electron chi connectivity index (χ1n) is 5.77. The molecule has 0 bridgehead atoms. The number of carboxylic acid groups (broad SMARTS) is 1. The van der Waals surface area contributed by atoms with Crippen LogP contribution in [0.3, 0.4) is 0 Å². The van der Waals surface area contributed by atoms with Crippen LogP contribution < -0.4 is 4.90 Å². The van der Waals surface area contributed by atoms with Crippen LogP contribution in [0.4, 0.5) is 5.69 Å². The highest BCUT2D eigenvalue weighted by molar-refractivity contribution is 5.74. The molecule has 2 rings (SSSR count). The van der Waals surface area contributed by atoms with Crippen LogP contribution in [-0.2, 0) is 9.53 Å². The normalized spacial score (nSPS) is 22.9. The van der Waals surface area contributed by atoms with Gasteiger partial charge in [-0.25, -0.2) is 0 Å². The molecule has 0 spiro atoms. The van der Waals surface area contributed by atoms with Gasteiger partial charge < -0.3 is 14.7 Å². The Morgan fingerprint density at radius 2 is 2.06 bits per heavy atom. The lowest BCUT2D eigenvalue weighted by Gasteiger charge is -2.42. The van der Waals surface area contributed by atoms with E-state index in [1.807, 2.05) is 35.2 Å². The van der Waals surface area contributed by atoms with Gasteiger partial charge in [-0.3, -0.25) is 4.79 Å². The van der Waals surface area contributed by atoms with Crippen LogP contribution in [0.2, 0.25) is 0 Å². The van der Waals surface area contributed by atoms with Gasteiger partial charge in [-0.1, -0.05) is 18.2 Å². The standard InChI is InChI=1S/C13H17NO3/c1-17-12-7-11(8-12)14(9-13(15)16)10-5-3-2-4-6-10/h2-6,11-12H,7-9H2,1H3,(H,15,16). The minimum absolute atomic E-state index is 0.0467. The van der Waals surface area contributed by atoms with Gasteiger partial charge >= 0.3 is 5.97 Å². The Balaban J connectivity index is 2.07. The zero-order valence-electron chi connectivity index (χ0n) is 9.87. The van der Waals surface area contributed by atoms with Gasteiger partial charge in [0.2, 0.25) is 0 Å². The van der Waals surface area contributed by atoms with E-state index in [-0.39, 0.29) is 18.7 Å². The molecule has 0 radical (unpaired) electrons. The molecule has 17 heavy (non-hydrogen) atoms. The number of carboxylic acids is 1. The van der Waals surface area contributed by atoms with Crippen molar-refractivity contribution in [3.05, 3.63) is 30.3 Å². The number of benzene rings is 1. The lowest BCUT2D eigenvalue weighted by Crippen LogP contribution is -2.49. The van der Waals surface area contributed by atoms with Gasteiger partial charge in [0.15, 0.2) is 0 Å². The van der Waals surface area contributed by atoms with Crippen molar-refractivity contribution in [2.75, 3.05) is 18.6 Å². The number of anilines is 1. The van der Waals surface area contributed by atoms with Crippen LogP contribution in [0.25, 0.3) is 0 Å². The maximum atomic E-state index is 10.9. The Bertz CT molecular complexity index is 374. The Morgan fingerprint density at radius 3 is 2.59 bits per heavy atom. The second kappa shape index (κ2) is 5.19. The molecule has 1 aromatic carbocycles. The van der Waals surface area contributed by atoms with Gasteiger partial charge in [0, 0.05) is 18.8 Å². The highest BCUT2D eigenvalue weighted by Gasteiger charge is 2.34. The number of para-hydroxylation sites is 1. The monoisotopic (exact) mass is 235 g/mol. The zero-order valence-corrected chi connectivity index (χ0v) is 9.87. The summed E-state index contributed by atoms with van der Waals surface area (Å²) >= 11 is 0.